The zero-order valence-corrected chi connectivity index (χ0v) is 11.4. The van der Waals surface area contributed by atoms with Crippen LogP contribution in [0.5, 0.6) is 5.75 Å². The fourth-order valence-electron chi connectivity index (χ4n) is 1.71. The summed E-state index contributed by atoms with van der Waals surface area (Å²) in [5, 5.41) is 0.335. The third-order valence-corrected chi connectivity index (χ3v) is 3.44. The van der Waals surface area contributed by atoms with E-state index in [0.717, 1.165) is 0 Å². The number of ketones is 1. The normalized spacial score (nSPS) is 10.3. The number of benzene rings is 2. The van der Waals surface area contributed by atoms with Crippen molar-refractivity contribution in [3.8, 4) is 5.75 Å². The quantitative estimate of drug-likeness (QED) is 0.787. The Kier molecular flexibility index (Phi) is 4.08. The van der Waals surface area contributed by atoms with Gasteiger partial charge < -0.3 is 4.74 Å². The van der Waals surface area contributed by atoms with Gasteiger partial charge in [0.05, 0.1) is 17.2 Å². The molecule has 0 spiro atoms. The van der Waals surface area contributed by atoms with Crippen LogP contribution in [-0.2, 0) is 0 Å². The Morgan fingerprint density at radius 2 is 1.84 bits per heavy atom. The summed E-state index contributed by atoms with van der Waals surface area (Å²) in [6, 6.07) is 8.78. The van der Waals surface area contributed by atoms with Gasteiger partial charge in [0.15, 0.2) is 0 Å². The van der Waals surface area contributed by atoms with Gasteiger partial charge in [0, 0.05) is 5.56 Å². The molecule has 0 atom stereocenters. The van der Waals surface area contributed by atoms with Crippen molar-refractivity contribution < 1.29 is 13.9 Å². The molecule has 0 radical (unpaired) electrons. The van der Waals surface area contributed by atoms with E-state index in [-0.39, 0.29) is 26.9 Å². The highest BCUT2D eigenvalue weighted by Gasteiger charge is 2.21. The molecule has 0 aliphatic rings. The molecule has 0 aliphatic heterocycles. The lowest BCUT2D eigenvalue weighted by Crippen LogP contribution is -2.07. The molecule has 0 fully saturated rings. The molecule has 0 N–H and O–H groups in total. The highest BCUT2D eigenvalue weighted by Crippen LogP contribution is 2.30. The Labute approximate surface area is 119 Å². The van der Waals surface area contributed by atoms with Gasteiger partial charge in [-0.3, -0.25) is 4.79 Å². The van der Waals surface area contributed by atoms with Crippen molar-refractivity contribution in [3.05, 3.63) is 63.4 Å². The first-order chi connectivity index (χ1) is 9.06. The van der Waals surface area contributed by atoms with E-state index in [1.165, 1.54) is 31.4 Å². The van der Waals surface area contributed by atoms with Crippen LogP contribution in [0.1, 0.15) is 15.9 Å². The van der Waals surface area contributed by atoms with Crippen LogP contribution in [0.15, 0.2) is 36.4 Å². The second kappa shape index (κ2) is 5.59. The van der Waals surface area contributed by atoms with Gasteiger partial charge in [-0.25, -0.2) is 4.39 Å². The third kappa shape index (κ3) is 2.57. The first-order valence-corrected chi connectivity index (χ1v) is 6.13. The maximum atomic E-state index is 13.8. The van der Waals surface area contributed by atoms with Crippen molar-refractivity contribution in [1.29, 1.82) is 0 Å². The van der Waals surface area contributed by atoms with E-state index in [1.54, 1.807) is 12.1 Å². The van der Waals surface area contributed by atoms with Crippen molar-refractivity contribution in [2.75, 3.05) is 7.11 Å². The number of methoxy groups -OCH3 is 1. The molecule has 2 aromatic rings. The van der Waals surface area contributed by atoms with Crippen LogP contribution in [0.25, 0.3) is 0 Å². The number of carbonyl (C=O) groups excluding carboxylic acids is 1. The summed E-state index contributed by atoms with van der Waals surface area (Å²) in [6.07, 6.45) is 0. The van der Waals surface area contributed by atoms with Crippen LogP contribution in [0.4, 0.5) is 4.39 Å². The lowest BCUT2D eigenvalue weighted by atomic mass is 10.0. The van der Waals surface area contributed by atoms with E-state index < -0.39 is 11.6 Å². The molecule has 0 saturated heterocycles. The SMILES string of the molecule is COc1cccc(F)c1C(=O)c1cccc(Cl)c1Cl. The van der Waals surface area contributed by atoms with Gasteiger partial charge in [0.2, 0.25) is 5.78 Å². The summed E-state index contributed by atoms with van der Waals surface area (Å²) in [4.78, 5) is 12.4. The summed E-state index contributed by atoms with van der Waals surface area (Å²) in [5.74, 6) is -1.08. The van der Waals surface area contributed by atoms with E-state index in [9.17, 15) is 9.18 Å². The molecular formula is C14H9Cl2FO2. The zero-order chi connectivity index (χ0) is 14.0. The van der Waals surface area contributed by atoms with Crippen molar-refractivity contribution in [2.24, 2.45) is 0 Å². The number of hydrogen-bond donors (Lipinski definition) is 0. The molecule has 0 aromatic heterocycles. The van der Waals surface area contributed by atoms with Gasteiger partial charge in [0.1, 0.15) is 17.1 Å². The van der Waals surface area contributed by atoms with Crippen LogP contribution in [0, 0.1) is 5.82 Å². The monoisotopic (exact) mass is 298 g/mol. The van der Waals surface area contributed by atoms with Crippen molar-refractivity contribution in [3.63, 3.8) is 0 Å². The lowest BCUT2D eigenvalue weighted by molar-refractivity contribution is 0.103. The molecule has 98 valence electrons. The molecule has 0 unspecified atom stereocenters. The minimum absolute atomic E-state index is 0.0967. The molecule has 0 amide bonds. The van der Waals surface area contributed by atoms with Crippen molar-refractivity contribution >= 4 is 29.0 Å². The number of rotatable bonds is 3. The molecule has 0 heterocycles. The van der Waals surface area contributed by atoms with Crippen LogP contribution in [-0.4, -0.2) is 12.9 Å². The predicted molar refractivity (Wildman–Crippen MR) is 72.8 cm³/mol. The topological polar surface area (TPSA) is 26.3 Å². The number of carbonyl (C=O) groups is 1. The Balaban J connectivity index is 2.60. The fraction of sp³-hybridized carbons (Fsp3) is 0.0714. The smallest absolute Gasteiger partial charge is 0.201 e. The summed E-state index contributed by atoms with van der Waals surface area (Å²) < 4.78 is 18.8. The second-order valence-corrected chi connectivity index (χ2v) is 4.53. The van der Waals surface area contributed by atoms with Crippen molar-refractivity contribution in [1.82, 2.24) is 0 Å². The molecule has 2 aromatic carbocycles. The van der Waals surface area contributed by atoms with Crippen LogP contribution in [0.3, 0.4) is 0 Å². The van der Waals surface area contributed by atoms with Crippen LogP contribution < -0.4 is 4.74 Å². The fourth-order valence-corrected chi connectivity index (χ4v) is 2.09. The number of halogens is 3. The van der Waals surface area contributed by atoms with E-state index >= 15 is 0 Å². The average molecular weight is 299 g/mol. The predicted octanol–water partition coefficient (Wildman–Crippen LogP) is 4.37. The zero-order valence-electron chi connectivity index (χ0n) is 9.91. The average Bonchev–Trinajstić information content (AvgIpc) is 2.40. The Hall–Kier alpha value is -1.58. The van der Waals surface area contributed by atoms with Crippen LogP contribution in [0.2, 0.25) is 10.0 Å². The molecule has 0 bridgehead atoms. The number of hydrogen-bond acceptors (Lipinski definition) is 2. The van der Waals surface area contributed by atoms with Gasteiger partial charge in [-0.15, -0.1) is 0 Å². The molecule has 19 heavy (non-hydrogen) atoms. The minimum Gasteiger partial charge on any atom is -0.496 e. The first-order valence-electron chi connectivity index (χ1n) is 5.37. The van der Waals surface area contributed by atoms with Crippen LogP contribution >= 0.6 is 23.2 Å². The summed E-state index contributed by atoms with van der Waals surface area (Å²) >= 11 is 11.8. The van der Waals surface area contributed by atoms with E-state index in [2.05, 4.69) is 0 Å². The van der Waals surface area contributed by atoms with E-state index in [0.29, 0.717) is 0 Å². The standard InChI is InChI=1S/C14H9Cl2FO2/c1-19-11-7-3-6-10(17)12(11)14(18)8-4-2-5-9(15)13(8)16/h2-7H,1H3. The highest BCUT2D eigenvalue weighted by atomic mass is 35.5. The minimum atomic E-state index is -0.666. The molecule has 2 rings (SSSR count). The third-order valence-electron chi connectivity index (χ3n) is 2.62. The summed E-state index contributed by atoms with van der Waals surface area (Å²) in [5.41, 5.74) is -0.0215. The molecule has 0 aliphatic carbocycles. The Morgan fingerprint density at radius 3 is 2.53 bits per heavy atom. The van der Waals surface area contributed by atoms with Gasteiger partial charge >= 0.3 is 0 Å². The number of ether oxygens (including phenoxy) is 1. The van der Waals surface area contributed by atoms with Gasteiger partial charge in [-0.05, 0) is 24.3 Å². The molecule has 2 nitrogen and oxygen atoms in total. The summed E-state index contributed by atoms with van der Waals surface area (Å²) in [6.45, 7) is 0. The highest BCUT2D eigenvalue weighted by molar-refractivity contribution is 6.44. The maximum absolute atomic E-state index is 13.8. The van der Waals surface area contributed by atoms with Gasteiger partial charge in [-0.2, -0.15) is 0 Å². The van der Waals surface area contributed by atoms with Gasteiger partial charge in [0.25, 0.3) is 0 Å². The second-order valence-electron chi connectivity index (χ2n) is 3.75. The lowest BCUT2D eigenvalue weighted by Gasteiger charge is -2.10. The molecule has 0 saturated carbocycles. The van der Waals surface area contributed by atoms with E-state index in [1.807, 2.05) is 0 Å². The van der Waals surface area contributed by atoms with Gasteiger partial charge in [-0.1, -0.05) is 35.3 Å². The Bertz CT molecular complexity index is 641. The first kappa shape index (κ1) is 13.8. The van der Waals surface area contributed by atoms with Crippen molar-refractivity contribution in [2.45, 2.75) is 0 Å². The molecular weight excluding hydrogens is 290 g/mol. The molecule has 5 heteroatoms. The maximum Gasteiger partial charge on any atom is 0.201 e. The van der Waals surface area contributed by atoms with E-state index in [4.69, 9.17) is 27.9 Å². The largest absolute Gasteiger partial charge is 0.496 e. The summed E-state index contributed by atoms with van der Waals surface area (Å²) in [7, 11) is 1.37. The Morgan fingerprint density at radius 1 is 1.16 bits per heavy atom.